The van der Waals surface area contributed by atoms with E-state index in [1.165, 1.54) is 17.7 Å². The fraction of sp³-hybridized carbons (Fsp3) is 0.500. The highest BCUT2D eigenvalue weighted by atomic mass is 19.1. The molecule has 180 valence electrons. The number of hydrogen-bond acceptors (Lipinski definition) is 2. The van der Waals surface area contributed by atoms with Gasteiger partial charge in [0.25, 0.3) is 0 Å². The molecule has 0 saturated carbocycles. The fourth-order valence-electron chi connectivity index (χ4n) is 3.78. The fourth-order valence-corrected chi connectivity index (χ4v) is 3.78. The largest absolute Gasteiger partial charge is 0.354 e. The Morgan fingerprint density at radius 2 is 1.58 bits per heavy atom. The molecule has 0 fully saturated rings. The molecule has 0 bridgehead atoms. The molecule has 2 amide bonds. The first-order valence-corrected chi connectivity index (χ1v) is 12.1. The van der Waals surface area contributed by atoms with Crippen molar-refractivity contribution in [2.75, 3.05) is 6.54 Å². The van der Waals surface area contributed by atoms with E-state index in [0.717, 1.165) is 24.0 Å². The van der Waals surface area contributed by atoms with Crippen LogP contribution in [0.1, 0.15) is 77.0 Å². The van der Waals surface area contributed by atoms with Crippen LogP contribution in [-0.4, -0.2) is 29.3 Å². The standard InChI is InChI=1S/C28H39FN2O2/c1-6-8-19-30-27(33)25(7-2)31(20-22-11-16-24(29)17-12-22)26(32)18-13-21-9-14-23(15-10-21)28(3,4)5/h9-12,14-17,25H,6-8,13,18-20H2,1-5H3,(H,30,33). The SMILES string of the molecule is CCCCNC(=O)C(CC)N(Cc1ccc(F)cc1)C(=O)CCc1ccc(C(C)(C)C)cc1. The molecule has 0 aliphatic heterocycles. The lowest BCUT2D eigenvalue weighted by Gasteiger charge is -2.31. The summed E-state index contributed by atoms with van der Waals surface area (Å²) in [7, 11) is 0. The minimum absolute atomic E-state index is 0.0725. The molecule has 0 heterocycles. The summed E-state index contributed by atoms with van der Waals surface area (Å²) in [4.78, 5) is 27.9. The highest BCUT2D eigenvalue weighted by Crippen LogP contribution is 2.23. The van der Waals surface area contributed by atoms with E-state index in [9.17, 15) is 14.0 Å². The third-order valence-electron chi connectivity index (χ3n) is 5.93. The molecule has 2 aromatic rings. The van der Waals surface area contributed by atoms with E-state index < -0.39 is 6.04 Å². The van der Waals surface area contributed by atoms with Crippen LogP contribution in [0.4, 0.5) is 4.39 Å². The average Bonchev–Trinajstić information content (AvgIpc) is 2.78. The molecule has 4 nitrogen and oxygen atoms in total. The number of rotatable bonds is 11. The van der Waals surface area contributed by atoms with Gasteiger partial charge in [-0.05, 0) is 53.5 Å². The van der Waals surface area contributed by atoms with Crippen molar-refractivity contribution in [2.24, 2.45) is 0 Å². The number of carbonyl (C=O) groups is 2. The zero-order valence-corrected chi connectivity index (χ0v) is 20.8. The van der Waals surface area contributed by atoms with E-state index in [-0.39, 0.29) is 29.6 Å². The molecule has 5 heteroatoms. The Morgan fingerprint density at radius 3 is 2.12 bits per heavy atom. The van der Waals surface area contributed by atoms with Crippen LogP contribution in [0.3, 0.4) is 0 Å². The summed E-state index contributed by atoms with van der Waals surface area (Å²) in [6, 6.07) is 13.9. The van der Waals surface area contributed by atoms with Crippen LogP contribution in [0.5, 0.6) is 0 Å². The van der Waals surface area contributed by atoms with Crippen molar-refractivity contribution < 1.29 is 14.0 Å². The van der Waals surface area contributed by atoms with E-state index in [0.29, 0.717) is 25.8 Å². The number of amides is 2. The van der Waals surface area contributed by atoms with Gasteiger partial charge in [-0.1, -0.05) is 77.4 Å². The molecule has 1 atom stereocenters. The smallest absolute Gasteiger partial charge is 0.242 e. The van der Waals surface area contributed by atoms with E-state index in [2.05, 4.69) is 57.3 Å². The van der Waals surface area contributed by atoms with Gasteiger partial charge < -0.3 is 10.2 Å². The molecule has 0 aliphatic carbocycles. The maximum atomic E-state index is 13.4. The predicted molar refractivity (Wildman–Crippen MR) is 132 cm³/mol. The van der Waals surface area contributed by atoms with Gasteiger partial charge in [0.15, 0.2) is 0 Å². The Hall–Kier alpha value is -2.69. The molecule has 0 saturated heterocycles. The molecular formula is C28H39FN2O2. The number of benzene rings is 2. The number of carbonyl (C=O) groups excluding carboxylic acids is 2. The van der Waals surface area contributed by atoms with Crippen LogP contribution in [0, 0.1) is 5.82 Å². The second-order valence-electron chi connectivity index (χ2n) is 9.66. The van der Waals surface area contributed by atoms with Crippen molar-refractivity contribution in [3.05, 3.63) is 71.0 Å². The van der Waals surface area contributed by atoms with Gasteiger partial charge >= 0.3 is 0 Å². The Labute approximate surface area is 198 Å². The van der Waals surface area contributed by atoms with Crippen LogP contribution >= 0.6 is 0 Å². The van der Waals surface area contributed by atoms with Gasteiger partial charge in [-0.2, -0.15) is 0 Å². The van der Waals surface area contributed by atoms with Gasteiger partial charge in [0.05, 0.1) is 0 Å². The summed E-state index contributed by atoms with van der Waals surface area (Å²) in [5, 5.41) is 2.97. The number of nitrogens with one attached hydrogen (secondary N) is 1. The second kappa shape index (κ2) is 12.5. The molecule has 1 N–H and O–H groups in total. The van der Waals surface area contributed by atoms with Crippen LogP contribution < -0.4 is 5.32 Å². The molecule has 33 heavy (non-hydrogen) atoms. The minimum atomic E-state index is -0.553. The summed E-state index contributed by atoms with van der Waals surface area (Å²) < 4.78 is 13.4. The summed E-state index contributed by atoms with van der Waals surface area (Å²) in [5.74, 6) is -0.521. The lowest BCUT2D eigenvalue weighted by atomic mass is 9.86. The van der Waals surface area contributed by atoms with Crippen LogP contribution in [0.15, 0.2) is 48.5 Å². The number of aryl methyl sites for hydroxylation is 1. The monoisotopic (exact) mass is 454 g/mol. The second-order valence-corrected chi connectivity index (χ2v) is 9.66. The molecule has 0 aromatic heterocycles. The maximum Gasteiger partial charge on any atom is 0.242 e. The van der Waals surface area contributed by atoms with E-state index in [1.54, 1.807) is 17.0 Å². The van der Waals surface area contributed by atoms with Crippen molar-refractivity contribution in [2.45, 2.75) is 84.7 Å². The van der Waals surface area contributed by atoms with Crippen molar-refractivity contribution in [3.8, 4) is 0 Å². The first-order chi connectivity index (χ1) is 15.7. The van der Waals surface area contributed by atoms with E-state index >= 15 is 0 Å². The van der Waals surface area contributed by atoms with Gasteiger partial charge in [0, 0.05) is 19.5 Å². The summed E-state index contributed by atoms with van der Waals surface area (Å²) >= 11 is 0. The average molecular weight is 455 g/mol. The molecule has 2 rings (SSSR count). The van der Waals surface area contributed by atoms with Gasteiger partial charge in [0.1, 0.15) is 11.9 Å². The Balaban J connectivity index is 2.15. The number of hydrogen-bond donors (Lipinski definition) is 1. The topological polar surface area (TPSA) is 49.4 Å². The lowest BCUT2D eigenvalue weighted by molar-refractivity contribution is -0.141. The zero-order chi connectivity index (χ0) is 24.4. The Morgan fingerprint density at radius 1 is 0.970 bits per heavy atom. The van der Waals surface area contributed by atoms with Crippen LogP contribution in [0.2, 0.25) is 0 Å². The first kappa shape index (κ1) is 26.6. The zero-order valence-electron chi connectivity index (χ0n) is 20.8. The Kier molecular flexibility index (Phi) is 10.1. The van der Waals surface area contributed by atoms with Gasteiger partial charge in [0.2, 0.25) is 11.8 Å². The minimum Gasteiger partial charge on any atom is -0.354 e. The molecule has 0 radical (unpaired) electrons. The van der Waals surface area contributed by atoms with E-state index in [4.69, 9.17) is 0 Å². The van der Waals surface area contributed by atoms with Crippen molar-refractivity contribution in [1.29, 1.82) is 0 Å². The van der Waals surface area contributed by atoms with Gasteiger partial charge in [-0.25, -0.2) is 4.39 Å². The first-order valence-electron chi connectivity index (χ1n) is 12.1. The van der Waals surface area contributed by atoms with Crippen molar-refractivity contribution >= 4 is 11.8 Å². The molecular weight excluding hydrogens is 415 g/mol. The number of unbranched alkanes of at least 4 members (excludes halogenated alkanes) is 1. The third-order valence-corrected chi connectivity index (χ3v) is 5.93. The molecule has 0 spiro atoms. The summed E-state index contributed by atoms with van der Waals surface area (Å²) in [6.07, 6.45) is 3.33. The van der Waals surface area contributed by atoms with E-state index in [1.807, 2.05) is 6.92 Å². The highest BCUT2D eigenvalue weighted by Gasteiger charge is 2.28. The Bertz CT molecular complexity index is 886. The molecule has 0 aliphatic rings. The highest BCUT2D eigenvalue weighted by molar-refractivity contribution is 5.87. The van der Waals surface area contributed by atoms with Crippen molar-refractivity contribution in [3.63, 3.8) is 0 Å². The summed E-state index contributed by atoms with van der Waals surface area (Å²) in [5.41, 5.74) is 3.24. The molecule has 1 unspecified atom stereocenters. The van der Waals surface area contributed by atoms with Gasteiger partial charge in [-0.15, -0.1) is 0 Å². The normalized spacial score (nSPS) is 12.3. The van der Waals surface area contributed by atoms with Crippen LogP contribution in [-0.2, 0) is 28.0 Å². The van der Waals surface area contributed by atoms with Gasteiger partial charge in [-0.3, -0.25) is 9.59 Å². The molecule has 2 aromatic carbocycles. The lowest BCUT2D eigenvalue weighted by Crippen LogP contribution is -2.49. The quantitative estimate of drug-likeness (QED) is 0.438. The maximum absolute atomic E-state index is 13.4. The summed E-state index contributed by atoms with van der Waals surface area (Å²) in [6.45, 7) is 11.4. The van der Waals surface area contributed by atoms with Crippen LogP contribution in [0.25, 0.3) is 0 Å². The van der Waals surface area contributed by atoms with Crippen molar-refractivity contribution in [1.82, 2.24) is 10.2 Å². The number of halogens is 1. The predicted octanol–water partition coefficient (Wildman–Crippen LogP) is 5.78. The third kappa shape index (κ3) is 8.30. The number of nitrogens with zero attached hydrogens (tertiary/aromatic N) is 1.